The molecule has 0 aromatic heterocycles. The number of carbonyl (C=O) groups excluding carboxylic acids is 2. The first-order valence-corrected chi connectivity index (χ1v) is 8.54. The van der Waals surface area contributed by atoms with E-state index >= 15 is 0 Å². The van der Waals surface area contributed by atoms with Gasteiger partial charge in [-0.25, -0.2) is 0 Å². The second kappa shape index (κ2) is 7.57. The quantitative estimate of drug-likeness (QED) is 0.849. The number of hydrogen-bond donors (Lipinski definition) is 1. The van der Waals surface area contributed by atoms with Crippen LogP contribution in [0.4, 0.5) is 5.69 Å². The topological polar surface area (TPSA) is 67.9 Å². The van der Waals surface area contributed by atoms with Crippen molar-refractivity contribution >= 4 is 33.4 Å². The number of nitrogens with zero attached hydrogens (tertiary/aromatic N) is 1. The number of anilines is 1. The third-order valence-electron chi connectivity index (χ3n) is 3.77. The number of halogens is 1. The van der Waals surface area contributed by atoms with Gasteiger partial charge in [0.2, 0.25) is 0 Å². The number of benzene rings is 2. The Morgan fingerprint density at radius 2 is 2.08 bits per heavy atom. The standard InChI is InChI=1S/C18H17BrN2O4/c1-20-18(23)16-10-21(14-7-2-3-8-15(14)25-16)17(22)11-24-13-6-4-5-12(19)9-13/h2-9,16H,10-11H2,1H3,(H,20,23). The van der Waals surface area contributed by atoms with Crippen LogP contribution in [0.15, 0.2) is 53.0 Å². The molecule has 25 heavy (non-hydrogen) atoms. The number of rotatable bonds is 4. The summed E-state index contributed by atoms with van der Waals surface area (Å²) in [7, 11) is 1.54. The second-order valence-electron chi connectivity index (χ2n) is 5.44. The highest BCUT2D eigenvalue weighted by Crippen LogP contribution is 2.33. The Bertz CT molecular complexity index is 796. The van der Waals surface area contributed by atoms with E-state index in [1.807, 2.05) is 18.2 Å². The summed E-state index contributed by atoms with van der Waals surface area (Å²) in [4.78, 5) is 26.2. The second-order valence-corrected chi connectivity index (χ2v) is 6.35. The van der Waals surface area contributed by atoms with Crippen molar-refractivity contribution in [1.82, 2.24) is 5.32 Å². The van der Waals surface area contributed by atoms with Crippen molar-refractivity contribution < 1.29 is 19.1 Å². The number of ether oxygens (including phenoxy) is 2. The maximum absolute atomic E-state index is 12.7. The average molecular weight is 405 g/mol. The highest BCUT2D eigenvalue weighted by Gasteiger charge is 2.33. The fraction of sp³-hybridized carbons (Fsp3) is 0.222. The van der Waals surface area contributed by atoms with Crippen LogP contribution in [0.2, 0.25) is 0 Å². The van der Waals surface area contributed by atoms with Gasteiger partial charge in [0.05, 0.1) is 12.2 Å². The van der Waals surface area contributed by atoms with E-state index in [1.165, 1.54) is 11.9 Å². The lowest BCUT2D eigenvalue weighted by Gasteiger charge is -2.33. The van der Waals surface area contributed by atoms with Crippen LogP contribution >= 0.6 is 15.9 Å². The summed E-state index contributed by atoms with van der Waals surface area (Å²) in [6.45, 7) is 0.00260. The molecule has 0 bridgehead atoms. The van der Waals surface area contributed by atoms with Gasteiger partial charge in [0.1, 0.15) is 11.5 Å². The van der Waals surface area contributed by atoms with Crippen molar-refractivity contribution in [3.63, 3.8) is 0 Å². The molecule has 2 aromatic rings. The van der Waals surface area contributed by atoms with Gasteiger partial charge < -0.3 is 19.7 Å². The number of para-hydroxylation sites is 2. The minimum Gasteiger partial charge on any atom is -0.484 e. The smallest absolute Gasteiger partial charge is 0.265 e. The molecule has 3 rings (SSSR count). The number of fused-ring (bicyclic) bond motifs is 1. The number of carbonyl (C=O) groups is 2. The lowest BCUT2D eigenvalue weighted by molar-refractivity contribution is -0.128. The van der Waals surface area contributed by atoms with Crippen molar-refractivity contribution in [3.8, 4) is 11.5 Å². The first kappa shape index (κ1) is 17.3. The number of amides is 2. The van der Waals surface area contributed by atoms with E-state index in [1.54, 1.807) is 30.3 Å². The zero-order chi connectivity index (χ0) is 17.8. The minimum atomic E-state index is -0.755. The monoisotopic (exact) mass is 404 g/mol. The molecule has 0 fully saturated rings. The van der Waals surface area contributed by atoms with Gasteiger partial charge in [0.15, 0.2) is 12.7 Å². The molecule has 0 saturated carbocycles. The van der Waals surface area contributed by atoms with E-state index in [2.05, 4.69) is 21.2 Å². The molecule has 0 saturated heterocycles. The summed E-state index contributed by atoms with van der Waals surface area (Å²) in [6, 6.07) is 14.4. The van der Waals surface area contributed by atoms with Gasteiger partial charge in [0.25, 0.3) is 11.8 Å². The van der Waals surface area contributed by atoms with Gasteiger partial charge in [-0.1, -0.05) is 34.1 Å². The SMILES string of the molecule is CNC(=O)C1CN(C(=O)COc2cccc(Br)c2)c2ccccc2O1. The maximum atomic E-state index is 12.7. The average Bonchev–Trinajstić information content (AvgIpc) is 2.64. The summed E-state index contributed by atoms with van der Waals surface area (Å²) >= 11 is 3.36. The lowest BCUT2D eigenvalue weighted by Crippen LogP contribution is -2.51. The van der Waals surface area contributed by atoms with Crippen LogP contribution in [0.5, 0.6) is 11.5 Å². The highest BCUT2D eigenvalue weighted by atomic mass is 79.9. The zero-order valence-corrected chi connectivity index (χ0v) is 15.2. The molecule has 7 heteroatoms. The van der Waals surface area contributed by atoms with E-state index in [0.29, 0.717) is 17.2 Å². The summed E-state index contributed by atoms with van der Waals surface area (Å²) in [5.74, 6) is 0.565. The van der Waals surface area contributed by atoms with E-state index in [9.17, 15) is 9.59 Å². The molecule has 6 nitrogen and oxygen atoms in total. The van der Waals surface area contributed by atoms with Gasteiger partial charge in [0, 0.05) is 11.5 Å². The van der Waals surface area contributed by atoms with Crippen molar-refractivity contribution in [2.24, 2.45) is 0 Å². The van der Waals surface area contributed by atoms with Crippen molar-refractivity contribution in [2.75, 3.05) is 25.1 Å². The Hall–Kier alpha value is -2.54. The Morgan fingerprint density at radius 1 is 1.28 bits per heavy atom. The fourth-order valence-corrected chi connectivity index (χ4v) is 2.93. The Balaban J connectivity index is 1.77. The predicted octanol–water partition coefficient (Wildman–Crippen LogP) is 2.37. The van der Waals surface area contributed by atoms with Crippen molar-refractivity contribution in [2.45, 2.75) is 6.10 Å². The van der Waals surface area contributed by atoms with Gasteiger partial charge in [-0.3, -0.25) is 9.59 Å². The van der Waals surface area contributed by atoms with Crippen molar-refractivity contribution in [1.29, 1.82) is 0 Å². The summed E-state index contributed by atoms with van der Waals surface area (Å²) in [5, 5.41) is 2.55. The lowest BCUT2D eigenvalue weighted by atomic mass is 10.1. The van der Waals surface area contributed by atoms with E-state index in [4.69, 9.17) is 9.47 Å². The van der Waals surface area contributed by atoms with Crippen LogP contribution in [-0.2, 0) is 9.59 Å². The van der Waals surface area contributed by atoms with E-state index in [-0.39, 0.29) is 25.0 Å². The Labute approximate surface area is 153 Å². The molecule has 1 atom stereocenters. The molecule has 1 aliphatic heterocycles. The van der Waals surface area contributed by atoms with Gasteiger partial charge in [-0.15, -0.1) is 0 Å². The third kappa shape index (κ3) is 3.93. The van der Waals surface area contributed by atoms with Crippen LogP contribution in [0.25, 0.3) is 0 Å². The zero-order valence-electron chi connectivity index (χ0n) is 13.6. The first-order chi connectivity index (χ1) is 12.1. The van der Waals surface area contributed by atoms with E-state index in [0.717, 1.165) is 4.47 Å². The van der Waals surface area contributed by atoms with Gasteiger partial charge in [-0.2, -0.15) is 0 Å². The molecule has 2 amide bonds. The summed E-state index contributed by atoms with van der Waals surface area (Å²) in [5.41, 5.74) is 0.630. The van der Waals surface area contributed by atoms with Gasteiger partial charge in [-0.05, 0) is 30.3 Å². The molecule has 1 aliphatic rings. The first-order valence-electron chi connectivity index (χ1n) is 7.74. The van der Waals surface area contributed by atoms with Crippen LogP contribution in [0.1, 0.15) is 0 Å². The van der Waals surface area contributed by atoms with Crippen molar-refractivity contribution in [3.05, 3.63) is 53.0 Å². The molecule has 2 aromatic carbocycles. The van der Waals surface area contributed by atoms with E-state index < -0.39 is 6.10 Å². The fourth-order valence-electron chi connectivity index (χ4n) is 2.55. The highest BCUT2D eigenvalue weighted by molar-refractivity contribution is 9.10. The van der Waals surface area contributed by atoms with Crippen LogP contribution in [0.3, 0.4) is 0 Å². The molecule has 130 valence electrons. The number of hydrogen-bond acceptors (Lipinski definition) is 4. The summed E-state index contributed by atoms with van der Waals surface area (Å²) in [6.07, 6.45) is -0.755. The molecule has 0 radical (unpaired) electrons. The minimum absolute atomic E-state index is 0.134. The molecular formula is C18H17BrN2O4. The van der Waals surface area contributed by atoms with Crippen LogP contribution in [0, 0.1) is 0 Å². The maximum Gasteiger partial charge on any atom is 0.265 e. The Morgan fingerprint density at radius 3 is 2.84 bits per heavy atom. The molecule has 1 N–H and O–H groups in total. The normalized spacial score (nSPS) is 15.8. The number of nitrogens with one attached hydrogen (secondary N) is 1. The largest absolute Gasteiger partial charge is 0.484 e. The Kier molecular flexibility index (Phi) is 5.23. The van der Waals surface area contributed by atoms with Crippen LogP contribution < -0.4 is 19.7 Å². The summed E-state index contributed by atoms with van der Waals surface area (Å²) < 4.78 is 12.1. The molecule has 0 aliphatic carbocycles. The molecular weight excluding hydrogens is 388 g/mol. The third-order valence-corrected chi connectivity index (χ3v) is 4.27. The molecule has 0 spiro atoms. The van der Waals surface area contributed by atoms with Gasteiger partial charge >= 0.3 is 0 Å². The van der Waals surface area contributed by atoms with Crippen LogP contribution in [-0.4, -0.2) is 38.1 Å². The predicted molar refractivity (Wildman–Crippen MR) is 96.9 cm³/mol. The molecule has 1 unspecified atom stereocenters. The molecule has 1 heterocycles. The number of likely N-dealkylation sites (N-methyl/N-ethyl adjacent to an activating group) is 1.